The van der Waals surface area contributed by atoms with Gasteiger partial charge in [0.25, 0.3) is 0 Å². The van der Waals surface area contributed by atoms with E-state index in [0.29, 0.717) is 6.42 Å². The minimum absolute atomic E-state index is 0.0129. The van der Waals surface area contributed by atoms with Crippen LogP contribution < -0.4 is 4.31 Å². The number of aromatic hydroxyl groups is 1. The van der Waals surface area contributed by atoms with Crippen molar-refractivity contribution in [1.82, 2.24) is 0 Å². The first-order valence-corrected chi connectivity index (χ1v) is 8.13. The fourth-order valence-corrected chi connectivity index (χ4v) is 3.48. The molecule has 0 spiro atoms. The Morgan fingerprint density at radius 1 is 1.19 bits per heavy atom. The molecule has 2 N–H and O–H groups in total. The Kier molecular flexibility index (Phi) is 5.22. The van der Waals surface area contributed by atoms with E-state index in [9.17, 15) is 18.3 Å². The Bertz CT molecular complexity index is 587. The smallest absolute Gasteiger partial charge is 0.324 e. The summed E-state index contributed by atoms with van der Waals surface area (Å²) in [5.74, 6) is -1.38. The number of nitrogens with zero attached hydrogens (tertiary/aromatic N) is 1. The largest absolute Gasteiger partial charge is 0.508 e. The number of phenols is 1. The summed E-state index contributed by atoms with van der Waals surface area (Å²) < 4.78 is 25.7. The second-order valence-electron chi connectivity index (χ2n) is 6.04. The molecule has 0 aliphatic heterocycles. The fourth-order valence-electron chi connectivity index (χ4n) is 1.64. The molecule has 0 aromatic heterocycles. The lowest BCUT2D eigenvalue weighted by atomic mass is 9.94. The summed E-state index contributed by atoms with van der Waals surface area (Å²) in [4.78, 5) is 10.9. The van der Waals surface area contributed by atoms with Gasteiger partial charge in [0.15, 0.2) is 0 Å². The number of carbonyl (C=O) groups is 1. The van der Waals surface area contributed by atoms with Crippen LogP contribution in [0, 0.1) is 5.41 Å². The molecular weight excluding hydrogens is 294 g/mol. The summed E-state index contributed by atoms with van der Waals surface area (Å²) in [6, 6.07) is 5.41. The van der Waals surface area contributed by atoms with Gasteiger partial charge in [-0.05, 0) is 36.1 Å². The lowest BCUT2D eigenvalue weighted by molar-refractivity contribution is -0.135. The molecule has 0 amide bonds. The summed E-state index contributed by atoms with van der Waals surface area (Å²) in [6.07, 6.45) is 0.420. The van der Waals surface area contributed by atoms with Crippen LogP contribution in [-0.4, -0.2) is 36.9 Å². The fraction of sp³-hybridized carbons (Fsp3) is 0.500. The molecule has 0 heterocycles. The monoisotopic (exact) mass is 315 g/mol. The molecule has 118 valence electrons. The van der Waals surface area contributed by atoms with Crippen LogP contribution in [0.25, 0.3) is 0 Å². The number of hydrogen-bond donors (Lipinski definition) is 2. The van der Waals surface area contributed by atoms with E-state index in [1.165, 1.54) is 24.3 Å². The molecule has 0 atom stereocenters. The second-order valence-corrected chi connectivity index (χ2v) is 8.06. The summed E-state index contributed by atoms with van der Waals surface area (Å²) >= 11 is 0. The molecule has 0 aliphatic carbocycles. The number of carboxylic acids is 1. The van der Waals surface area contributed by atoms with Gasteiger partial charge in [0.2, 0.25) is 10.0 Å². The number of carboxylic acid groups (broad SMARTS) is 1. The van der Waals surface area contributed by atoms with E-state index in [1.807, 2.05) is 20.8 Å². The van der Waals surface area contributed by atoms with E-state index in [-0.39, 0.29) is 22.6 Å². The zero-order chi connectivity index (χ0) is 16.3. The highest BCUT2D eigenvalue weighted by Gasteiger charge is 2.26. The maximum atomic E-state index is 12.4. The first-order valence-electron chi connectivity index (χ1n) is 6.52. The van der Waals surface area contributed by atoms with Gasteiger partial charge in [-0.15, -0.1) is 0 Å². The van der Waals surface area contributed by atoms with Crippen molar-refractivity contribution in [2.75, 3.05) is 16.6 Å². The Morgan fingerprint density at radius 2 is 1.71 bits per heavy atom. The van der Waals surface area contributed by atoms with Crippen LogP contribution in [0.2, 0.25) is 0 Å². The Labute approximate surface area is 125 Å². The van der Waals surface area contributed by atoms with E-state index in [1.54, 1.807) is 0 Å². The van der Waals surface area contributed by atoms with Crippen molar-refractivity contribution >= 4 is 21.7 Å². The highest BCUT2D eigenvalue weighted by molar-refractivity contribution is 7.92. The van der Waals surface area contributed by atoms with Crippen molar-refractivity contribution in [1.29, 1.82) is 0 Å². The number of rotatable bonds is 6. The lowest BCUT2D eigenvalue weighted by Crippen LogP contribution is -2.38. The normalized spacial score (nSPS) is 12.1. The number of benzene rings is 1. The Balaban J connectivity index is 3.06. The van der Waals surface area contributed by atoms with Gasteiger partial charge in [-0.2, -0.15) is 0 Å². The van der Waals surface area contributed by atoms with E-state index in [0.717, 1.165) is 4.31 Å². The zero-order valence-corrected chi connectivity index (χ0v) is 13.2. The number of phenolic OH excluding ortho intramolecular Hbond substituents is 1. The molecule has 1 aromatic carbocycles. The van der Waals surface area contributed by atoms with Gasteiger partial charge in [-0.1, -0.05) is 20.8 Å². The third-order valence-corrected chi connectivity index (χ3v) is 4.59. The van der Waals surface area contributed by atoms with Crippen LogP contribution in [0.4, 0.5) is 5.69 Å². The molecule has 0 aliphatic rings. The van der Waals surface area contributed by atoms with Crippen molar-refractivity contribution in [3.8, 4) is 5.75 Å². The van der Waals surface area contributed by atoms with Crippen LogP contribution in [0.15, 0.2) is 24.3 Å². The molecule has 0 saturated heterocycles. The predicted octanol–water partition coefficient (Wildman–Crippen LogP) is 2.05. The number of hydrogen-bond acceptors (Lipinski definition) is 4. The highest BCUT2D eigenvalue weighted by atomic mass is 32.2. The van der Waals surface area contributed by atoms with Gasteiger partial charge in [-0.3, -0.25) is 9.10 Å². The minimum Gasteiger partial charge on any atom is -0.508 e. The average Bonchev–Trinajstić information content (AvgIpc) is 2.34. The van der Waals surface area contributed by atoms with Crippen molar-refractivity contribution in [3.63, 3.8) is 0 Å². The SMILES string of the molecule is CC(C)(C)CCS(=O)(=O)N(CC(=O)O)c1ccc(O)cc1. The van der Waals surface area contributed by atoms with Crippen LogP contribution in [-0.2, 0) is 14.8 Å². The topological polar surface area (TPSA) is 94.9 Å². The third-order valence-electron chi connectivity index (χ3n) is 2.86. The van der Waals surface area contributed by atoms with Crippen LogP contribution in [0.1, 0.15) is 27.2 Å². The predicted molar refractivity (Wildman–Crippen MR) is 80.9 cm³/mol. The molecule has 6 nitrogen and oxygen atoms in total. The zero-order valence-electron chi connectivity index (χ0n) is 12.4. The minimum atomic E-state index is -3.75. The van der Waals surface area contributed by atoms with Crippen molar-refractivity contribution in [3.05, 3.63) is 24.3 Å². The quantitative estimate of drug-likeness (QED) is 0.837. The van der Waals surface area contributed by atoms with Crippen molar-refractivity contribution in [2.24, 2.45) is 5.41 Å². The number of anilines is 1. The standard InChI is InChI=1S/C14H21NO5S/c1-14(2,3)8-9-21(19,20)15(10-13(17)18)11-4-6-12(16)7-5-11/h4-7,16H,8-10H2,1-3H3,(H,17,18). The Hall–Kier alpha value is -1.76. The molecule has 0 unspecified atom stereocenters. The molecular formula is C14H21NO5S. The molecule has 1 rings (SSSR count). The van der Waals surface area contributed by atoms with Crippen molar-refractivity contribution in [2.45, 2.75) is 27.2 Å². The van der Waals surface area contributed by atoms with Gasteiger partial charge < -0.3 is 10.2 Å². The van der Waals surface area contributed by atoms with Gasteiger partial charge in [0.05, 0.1) is 11.4 Å². The Morgan fingerprint density at radius 3 is 2.14 bits per heavy atom. The molecule has 7 heteroatoms. The first-order chi connectivity index (χ1) is 9.51. The summed E-state index contributed by atoms with van der Waals surface area (Å²) in [5.41, 5.74) is 0.0563. The molecule has 0 saturated carbocycles. The van der Waals surface area contributed by atoms with Gasteiger partial charge in [0, 0.05) is 0 Å². The van der Waals surface area contributed by atoms with Gasteiger partial charge in [-0.25, -0.2) is 8.42 Å². The molecule has 1 aromatic rings. The number of sulfonamides is 1. The highest BCUT2D eigenvalue weighted by Crippen LogP contribution is 2.25. The number of aliphatic carboxylic acids is 1. The van der Waals surface area contributed by atoms with E-state index < -0.39 is 22.5 Å². The third kappa shape index (κ3) is 5.63. The maximum Gasteiger partial charge on any atom is 0.324 e. The van der Waals surface area contributed by atoms with E-state index in [4.69, 9.17) is 5.11 Å². The maximum absolute atomic E-state index is 12.4. The molecule has 0 fully saturated rings. The molecule has 21 heavy (non-hydrogen) atoms. The summed E-state index contributed by atoms with van der Waals surface area (Å²) in [5, 5.41) is 18.2. The summed E-state index contributed by atoms with van der Waals surface area (Å²) in [7, 11) is -3.75. The molecule has 0 bridgehead atoms. The van der Waals surface area contributed by atoms with Gasteiger partial charge >= 0.3 is 5.97 Å². The van der Waals surface area contributed by atoms with Crippen molar-refractivity contribution < 1.29 is 23.4 Å². The van der Waals surface area contributed by atoms with Crippen LogP contribution >= 0.6 is 0 Å². The summed E-state index contributed by atoms with van der Waals surface area (Å²) in [6.45, 7) is 5.12. The average molecular weight is 315 g/mol. The molecule has 0 radical (unpaired) electrons. The lowest BCUT2D eigenvalue weighted by Gasteiger charge is -2.25. The van der Waals surface area contributed by atoms with E-state index >= 15 is 0 Å². The van der Waals surface area contributed by atoms with Gasteiger partial charge in [0.1, 0.15) is 12.3 Å². The van der Waals surface area contributed by atoms with E-state index in [2.05, 4.69) is 0 Å². The van der Waals surface area contributed by atoms with Crippen LogP contribution in [0.3, 0.4) is 0 Å². The first kappa shape index (κ1) is 17.3. The van der Waals surface area contributed by atoms with Crippen LogP contribution in [0.5, 0.6) is 5.75 Å². The second kappa shape index (κ2) is 6.34.